The summed E-state index contributed by atoms with van der Waals surface area (Å²) in [4.78, 5) is 33.6. The van der Waals surface area contributed by atoms with E-state index in [1.807, 2.05) is 26.0 Å². The van der Waals surface area contributed by atoms with Gasteiger partial charge < -0.3 is 20.6 Å². The van der Waals surface area contributed by atoms with Gasteiger partial charge in [0.05, 0.1) is 12.1 Å². The van der Waals surface area contributed by atoms with Gasteiger partial charge in [0.25, 0.3) is 11.8 Å². The molecule has 10 heteroatoms. The molecule has 0 fully saturated rings. The van der Waals surface area contributed by atoms with Crippen LogP contribution in [0, 0.1) is 11.6 Å². The normalized spacial score (nSPS) is 12.6. The number of nitrogens with zero attached hydrogens (tertiary/aromatic N) is 2. The molecule has 0 saturated heterocycles. The maximum atomic E-state index is 14.3. The molecule has 0 spiro atoms. The summed E-state index contributed by atoms with van der Waals surface area (Å²) >= 11 is 1.37. The van der Waals surface area contributed by atoms with Gasteiger partial charge in [-0.3, -0.25) is 9.59 Å². The third-order valence-corrected chi connectivity index (χ3v) is 8.43. The number of benzene rings is 3. The van der Waals surface area contributed by atoms with Crippen molar-refractivity contribution in [3.05, 3.63) is 112 Å². The first-order valence-electron chi connectivity index (χ1n) is 15.7. The van der Waals surface area contributed by atoms with Gasteiger partial charge in [0.2, 0.25) is 0 Å². The van der Waals surface area contributed by atoms with Gasteiger partial charge in [-0.05, 0) is 65.8 Å². The summed E-state index contributed by atoms with van der Waals surface area (Å²) in [5.74, 6) is -2.11. The van der Waals surface area contributed by atoms with E-state index in [4.69, 9.17) is 0 Å². The Hall–Kier alpha value is -3.99. The molecule has 4 rings (SSSR count). The maximum absolute atomic E-state index is 14.3. The Morgan fingerprint density at radius 1 is 0.935 bits per heavy atom. The Balaban J connectivity index is 1.63. The van der Waals surface area contributed by atoms with Crippen LogP contribution in [0.5, 0.6) is 0 Å². The number of thiazole rings is 1. The third kappa shape index (κ3) is 9.28. The summed E-state index contributed by atoms with van der Waals surface area (Å²) in [5, 5.41) is 19.7. The number of carbonyl (C=O) groups excluding carboxylic acids is 2. The number of hydrogen-bond acceptors (Lipinski definition) is 6. The Labute approximate surface area is 273 Å². The molecule has 2 atom stereocenters. The molecule has 7 nitrogen and oxygen atoms in total. The van der Waals surface area contributed by atoms with Gasteiger partial charge in [0, 0.05) is 60.5 Å². The molecule has 1 aromatic heterocycles. The first-order chi connectivity index (χ1) is 22.1. The Morgan fingerprint density at radius 3 is 2.26 bits per heavy atom. The highest BCUT2D eigenvalue weighted by Gasteiger charge is 2.26. The summed E-state index contributed by atoms with van der Waals surface area (Å²) < 4.78 is 28.7. The minimum absolute atomic E-state index is 0.0286. The fourth-order valence-electron chi connectivity index (χ4n) is 5.33. The topological polar surface area (TPSA) is 94.6 Å². The average Bonchev–Trinajstić information content (AvgIpc) is 3.58. The zero-order valence-electron chi connectivity index (χ0n) is 26.7. The number of amides is 2. The predicted octanol–water partition coefficient (Wildman–Crippen LogP) is 7.10. The molecular formula is C36H42F2N4O3S. The van der Waals surface area contributed by atoms with Crippen molar-refractivity contribution in [1.82, 2.24) is 20.5 Å². The van der Waals surface area contributed by atoms with E-state index in [0.29, 0.717) is 41.7 Å². The van der Waals surface area contributed by atoms with E-state index >= 15 is 0 Å². The lowest BCUT2D eigenvalue weighted by Crippen LogP contribution is -2.41. The quantitative estimate of drug-likeness (QED) is 0.128. The number of rotatable bonds is 15. The van der Waals surface area contributed by atoms with E-state index in [0.717, 1.165) is 36.6 Å². The van der Waals surface area contributed by atoms with E-state index < -0.39 is 29.7 Å². The van der Waals surface area contributed by atoms with Crippen LogP contribution in [0.2, 0.25) is 0 Å². The Bertz CT molecular complexity index is 1590. The van der Waals surface area contributed by atoms with Gasteiger partial charge in [0.1, 0.15) is 16.6 Å². The molecule has 4 aromatic rings. The van der Waals surface area contributed by atoms with E-state index in [2.05, 4.69) is 41.6 Å². The largest absolute Gasteiger partial charge is 0.389 e. The lowest BCUT2D eigenvalue weighted by Gasteiger charge is -2.26. The summed E-state index contributed by atoms with van der Waals surface area (Å²) in [7, 11) is 0. The first-order valence-corrected chi connectivity index (χ1v) is 16.6. The van der Waals surface area contributed by atoms with Crippen molar-refractivity contribution in [2.24, 2.45) is 0 Å². The van der Waals surface area contributed by atoms with Crippen LogP contribution in [0.1, 0.15) is 89.9 Å². The van der Waals surface area contributed by atoms with Gasteiger partial charge in [-0.25, -0.2) is 13.8 Å². The maximum Gasteiger partial charge on any atom is 0.253 e. The lowest BCUT2D eigenvalue weighted by molar-refractivity contribution is 0.0755. The van der Waals surface area contributed by atoms with Crippen molar-refractivity contribution < 1.29 is 23.5 Å². The number of nitrogens with one attached hydrogen (secondary N) is 2. The second-order valence-electron chi connectivity index (χ2n) is 11.7. The highest BCUT2D eigenvalue weighted by Crippen LogP contribution is 2.27. The number of halogens is 2. The van der Waals surface area contributed by atoms with Crippen LogP contribution in [0.25, 0.3) is 10.6 Å². The molecular weight excluding hydrogens is 606 g/mol. The van der Waals surface area contributed by atoms with Crippen LogP contribution in [0.4, 0.5) is 8.78 Å². The molecule has 0 unspecified atom stereocenters. The second kappa shape index (κ2) is 16.5. The molecule has 1 heterocycles. The summed E-state index contributed by atoms with van der Waals surface area (Å²) in [6.45, 7) is 9.84. The molecule has 0 aliphatic heterocycles. The Kier molecular flexibility index (Phi) is 12.5. The molecule has 0 saturated carbocycles. The third-order valence-electron chi connectivity index (χ3n) is 7.61. The van der Waals surface area contributed by atoms with E-state index in [-0.39, 0.29) is 23.6 Å². The standard InChI is InChI=1S/C36H42F2N4O3S/c1-5-11-42(12-6-2)36(45)29-16-27(15-28(17-29)35-40-10-13-46-35)34(44)41-33(26-18-30(37)20-31(38)19-26)32(43)22-39-21-24-8-7-9-25(14-24)23(3)4/h7-10,13-20,23,32-33,39,43H,5-6,11-12,21-22H2,1-4H3,(H,41,44)/t32-,33+/m1/s1. The number of aliphatic hydroxyl groups is 1. The molecule has 244 valence electrons. The van der Waals surface area contributed by atoms with E-state index in [9.17, 15) is 23.5 Å². The smallest absolute Gasteiger partial charge is 0.253 e. The fourth-order valence-corrected chi connectivity index (χ4v) is 5.96. The van der Waals surface area contributed by atoms with Crippen LogP contribution >= 0.6 is 11.3 Å². The summed E-state index contributed by atoms with van der Waals surface area (Å²) in [6, 6.07) is 14.7. The minimum Gasteiger partial charge on any atom is -0.389 e. The SMILES string of the molecule is CCCN(CCC)C(=O)c1cc(C(=O)N[C@@H](c2cc(F)cc(F)c2)[C@H](O)CNCc2cccc(C(C)C)c2)cc(-c2nccs2)c1. The lowest BCUT2D eigenvalue weighted by atomic mass is 9.98. The summed E-state index contributed by atoms with van der Waals surface area (Å²) in [5.41, 5.74) is 3.37. The highest BCUT2D eigenvalue weighted by molar-refractivity contribution is 7.13. The van der Waals surface area contributed by atoms with Gasteiger partial charge >= 0.3 is 0 Å². The van der Waals surface area contributed by atoms with E-state index in [1.165, 1.54) is 23.0 Å². The van der Waals surface area contributed by atoms with Gasteiger partial charge in [-0.2, -0.15) is 0 Å². The highest BCUT2D eigenvalue weighted by atomic mass is 32.1. The van der Waals surface area contributed by atoms with Crippen molar-refractivity contribution in [2.75, 3.05) is 19.6 Å². The van der Waals surface area contributed by atoms with Crippen LogP contribution in [0.15, 0.2) is 72.2 Å². The van der Waals surface area contributed by atoms with Crippen molar-refractivity contribution >= 4 is 23.2 Å². The molecule has 0 radical (unpaired) electrons. The van der Waals surface area contributed by atoms with Gasteiger partial charge in [0.15, 0.2) is 0 Å². The van der Waals surface area contributed by atoms with E-state index in [1.54, 1.807) is 28.6 Å². The zero-order valence-corrected chi connectivity index (χ0v) is 27.5. The second-order valence-corrected chi connectivity index (χ2v) is 12.6. The molecule has 3 N–H and O–H groups in total. The zero-order chi connectivity index (χ0) is 33.2. The molecule has 46 heavy (non-hydrogen) atoms. The Morgan fingerprint density at radius 2 is 1.63 bits per heavy atom. The number of hydrogen-bond donors (Lipinski definition) is 3. The first kappa shape index (κ1) is 34.9. The van der Waals surface area contributed by atoms with Gasteiger partial charge in [-0.1, -0.05) is 52.0 Å². The van der Waals surface area contributed by atoms with Crippen LogP contribution in [-0.2, 0) is 6.54 Å². The van der Waals surface area contributed by atoms with Crippen LogP contribution in [-0.4, -0.2) is 52.5 Å². The molecule has 0 aliphatic rings. The molecule has 0 bridgehead atoms. The monoisotopic (exact) mass is 648 g/mol. The summed E-state index contributed by atoms with van der Waals surface area (Å²) in [6.07, 6.45) is 1.97. The average molecular weight is 649 g/mol. The van der Waals surface area contributed by atoms with Crippen LogP contribution < -0.4 is 10.6 Å². The van der Waals surface area contributed by atoms with Crippen molar-refractivity contribution in [3.63, 3.8) is 0 Å². The predicted molar refractivity (Wildman–Crippen MR) is 179 cm³/mol. The molecule has 0 aliphatic carbocycles. The molecule has 2 amide bonds. The fraction of sp³-hybridized carbons (Fsp3) is 0.361. The molecule has 3 aromatic carbocycles. The van der Waals surface area contributed by atoms with Crippen molar-refractivity contribution in [3.8, 4) is 10.6 Å². The van der Waals surface area contributed by atoms with Crippen molar-refractivity contribution in [2.45, 2.75) is 65.1 Å². The van der Waals surface area contributed by atoms with Crippen molar-refractivity contribution in [1.29, 1.82) is 0 Å². The minimum atomic E-state index is -1.24. The van der Waals surface area contributed by atoms with Gasteiger partial charge in [-0.15, -0.1) is 11.3 Å². The number of aliphatic hydroxyl groups excluding tert-OH is 1. The number of aromatic nitrogens is 1. The van der Waals surface area contributed by atoms with Crippen LogP contribution in [0.3, 0.4) is 0 Å². The number of carbonyl (C=O) groups is 2.